The summed E-state index contributed by atoms with van der Waals surface area (Å²) in [5.41, 5.74) is 2.50. The number of benzene rings is 1. The van der Waals surface area contributed by atoms with Crippen LogP contribution in [0.3, 0.4) is 0 Å². The molecule has 1 aromatic carbocycles. The van der Waals surface area contributed by atoms with Crippen LogP contribution in [0.5, 0.6) is 0 Å². The van der Waals surface area contributed by atoms with Crippen molar-refractivity contribution in [1.29, 1.82) is 0 Å². The lowest BCUT2D eigenvalue weighted by Gasteiger charge is -2.28. The first-order valence-electron chi connectivity index (χ1n) is 8.15. The molecule has 0 radical (unpaired) electrons. The molecule has 0 fully saturated rings. The lowest BCUT2D eigenvalue weighted by Crippen LogP contribution is -2.38. The van der Waals surface area contributed by atoms with Crippen molar-refractivity contribution in [1.82, 2.24) is 19.6 Å². The molecule has 0 bridgehead atoms. The number of sulfonamides is 1. The lowest BCUT2D eigenvalue weighted by molar-refractivity contribution is 0.0948. The van der Waals surface area contributed by atoms with E-state index in [2.05, 4.69) is 15.3 Å². The van der Waals surface area contributed by atoms with Gasteiger partial charge in [-0.1, -0.05) is 24.3 Å². The normalized spacial score (nSPS) is 14.7. The fourth-order valence-electron chi connectivity index (χ4n) is 2.80. The van der Waals surface area contributed by atoms with Crippen molar-refractivity contribution in [3.05, 3.63) is 59.7 Å². The smallest absolute Gasteiger partial charge is 0.271 e. The first-order valence-corrected chi connectivity index (χ1v) is 9.76. The Morgan fingerprint density at radius 2 is 2.00 bits per heavy atom. The van der Waals surface area contributed by atoms with Crippen LogP contribution in [0.25, 0.3) is 0 Å². The van der Waals surface area contributed by atoms with Crippen molar-refractivity contribution in [3.63, 3.8) is 0 Å². The third-order valence-electron chi connectivity index (χ3n) is 4.15. The zero-order valence-electron chi connectivity index (χ0n) is 13.8. The summed E-state index contributed by atoms with van der Waals surface area (Å²) in [7, 11) is -3.33. The van der Waals surface area contributed by atoms with Crippen LogP contribution >= 0.6 is 0 Å². The molecule has 2 aromatic rings. The van der Waals surface area contributed by atoms with Crippen molar-refractivity contribution in [2.45, 2.75) is 19.4 Å². The summed E-state index contributed by atoms with van der Waals surface area (Å²) in [5, 5.41) is 2.67. The zero-order chi connectivity index (χ0) is 17.7. The minimum Gasteiger partial charge on any atom is -0.351 e. The maximum Gasteiger partial charge on any atom is 0.271 e. The minimum atomic E-state index is -3.33. The van der Waals surface area contributed by atoms with E-state index >= 15 is 0 Å². The first-order chi connectivity index (χ1) is 12.1. The summed E-state index contributed by atoms with van der Waals surface area (Å²) in [4.78, 5) is 19.6. The van der Waals surface area contributed by atoms with Crippen molar-refractivity contribution in [2.75, 3.05) is 18.8 Å². The van der Waals surface area contributed by atoms with Crippen LogP contribution in [0.4, 0.5) is 0 Å². The molecule has 0 saturated carbocycles. The van der Waals surface area contributed by atoms with E-state index in [-0.39, 0.29) is 23.9 Å². The van der Waals surface area contributed by atoms with Crippen molar-refractivity contribution < 1.29 is 13.2 Å². The molecule has 1 N–H and O–H groups in total. The predicted molar refractivity (Wildman–Crippen MR) is 93.3 cm³/mol. The third kappa shape index (κ3) is 4.40. The maximum atomic E-state index is 12.5. The predicted octanol–water partition coefficient (Wildman–Crippen LogP) is 0.985. The zero-order valence-corrected chi connectivity index (χ0v) is 14.6. The van der Waals surface area contributed by atoms with Gasteiger partial charge in [-0.05, 0) is 24.0 Å². The number of hydrogen-bond acceptors (Lipinski definition) is 5. The largest absolute Gasteiger partial charge is 0.351 e. The van der Waals surface area contributed by atoms with Crippen LogP contribution < -0.4 is 5.32 Å². The molecule has 1 aliphatic rings. The molecule has 1 aromatic heterocycles. The average Bonchev–Trinajstić information content (AvgIpc) is 2.65. The van der Waals surface area contributed by atoms with Crippen LogP contribution in [0, 0.1) is 0 Å². The minimum absolute atomic E-state index is 0.00984. The Balaban J connectivity index is 1.49. The fourth-order valence-corrected chi connectivity index (χ4v) is 4.27. The number of fused-ring (bicyclic) bond motifs is 1. The molecule has 3 rings (SSSR count). The van der Waals surface area contributed by atoms with Crippen LogP contribution in [0.15, 0.2) is 42.9 Å². The lowest BCUT2D eigenvalue weighted by atomic mass is 10.0. The molecule has 25 heavy (non-hydrogen) atoms. The van der Waals surface area contributed by atoms with Gasteiger partial charge in [0.05, 0.1) is 11.9 Å². The van der Waals surface area contributed by atoms with Crippen molar-refractivity contribution in [3.8, 4) is 0 Å². The van der Waals surface area contributed by atoms with E-state index < -0.39 is 10.0 Å². The molecule has 132 valence electrons. The van der Waals surface area contributed by atoms with E-state index in [9.17, 15) is 13.2 Å². The van der Waals surface area contributed by atoms with Gasteiger partial charge in [0.2, 0.25) is 10.0 Å². The Morgan fingerprint density at radius 1 is 1.20 bits per heavy atom. The number of nitrogens with zero attached hydrogens (tertiary/aromatic N) is 3. The van der Waals surface area contributed by atoms with E-state index in [1.54, 1.807) is 0 Å². The molecule has 8 heteroatoms. The number of carbonyl (C=O) groups is 1. The standard InChI is InChI=1S/C17H20N4O3S/c22-17(16-12-18-8-9-19-16)20-7-3-11-25(23,24)21-10-6-14-4-1-2-5-15(14)13-21/h1-2,4-5,8-9,12H,3,6-7,10-11,13H2,(H,20,22). The van der Waals surface area contributed by atoms with Gasteiger partial charge in [-0.3, -0.25) is 9.78 Å². The molecular formula is C17H20N4O3S. The van der Waals surface area contributed by atoms with Gasteiger partial charge in [-0.25, -0.2) is 13.4 Å². The van der Waals surface area contributed by atoms with Gasteiger partial charge in [-0.2, -0.15) is 4.31 Å². The molecule has 1 aliphatic heterocycles. The Kier molecular flexibility index (Phi) is 5.40. The number of rotatable bonds is 6. The van der Waals surface area contributed by atoms with Crippen molar-refractivity contribution in [2.24, 2.45) is 0 Å². The molecule has 2 heterocycles. The first kappa shape index (κ1) is 17.5. The second-order valence-electron chi connectivity index (χ2n) is 5.87. The van der Waals surface area contributed by atoms with E-state index in [1.807, 2.05) is 24.3 Å². The number of amides is 1. The monoisotopic (exact) mass is 360 g/mol. The summed E-state index contributed by atoms with van der Waals surface area (Å²) in [6.07, 6.45) is 5.39. The highest BCUT2D eigenvalue weighted by molar-refractivity contribution is 7.89. The Hall–Kier alpha value is -2.32. The molecule has 0 saturated heterocycles. The maximum absolute atomic E-state index is 12.5. The molecular weight excluding hydrogens is 340 g/mol. The Morgan fingerprint density at radius 3 is 2.76 bits per heavy atom. The van der Waals surface area contributed by atoms with Crippen LogP contribution in [0.2, 0.25) is 0 Å². The van der Waals surface area contributed by atoms with Gasteiger partial charge in [0, 0.05) is 32.0 Å². The van der Waals surface area contributed by atoms with Crippen molar-refractivity contribution >= 4 is 15.9 Å². The van der Waals surface area contributed by atoms with E-state index in [1.165, 1.54) is 28.5 Å². The number of hydrogen-bond donors (Lipinski definition) is 1. The summed E-state index contributed by atoms with van der Waals surface area (Å²) >= 11 is 0. The van der Waals surface area contributed by atoms with Crippen LogP contribution in [0.1, 0.15) is 28.0 Å². The quantitative estimate of drug-likeness (QED) is 0.776. The van der Waals surface area contributed by atoms with Gasteiger partial charge in [0.1, 0.15) is 5.69 Å². The summed E-state index contributed by atoms with van der Waals surface area (Å²) in [5.74, 6) is -0.340. The number of carbonyl (C=O) groups excluding carboxylic acids is 1. The summed E-state index contributed by atoms with van der Waals surface area (Å²) < 4.78 is 26.5. The molecule has 0 spiro atoms. The van der Waals surface area contributed by atoms with E-state index in [4.69, 9.17) is 0 Å². The van der Waals surface area contributed by atoms with Crippen LogP contribution in [-0.2, 0) is 23.0 Å². The summed E-state index contributed by atoms with van der Waals surface area (Å²) in [6, 6.07) is 7.92. The Bertz CT molecular complexity index is 840. The SMILES string of the molecule is O=C(NCCCS(=O)(=O)N1CCc2ccccc2C1)c1cnccn1. The molecule has 0 aliphatic carbocycles. The highest BCUT2D eigenvalue weighted by Crippen LogP contribution is 2.21. The van der Waals surface area contributed by atoms with Gasteiger partial charge in [-0.15, -0.1) is 0 Å². The highest BCUT2D eigenvalue weighted by Gasteiger charge is 2.26. The second-order valence-corrected chi connectivity index (χ2v) is 7.96. The molecule has 0 atom stereocenters. The average molecular weight is 360 g/mol. The highest BCUT2D eigenvalue weighted by atomic mass is 32.2. The summed E-state index contributed by atoms with van der Waals surface area (Å²) in [6.45, 7) is 1.20. The number of aromatic nitrogens is 2. The van der Waals surface area contributed by atoms with Gasteiger partial charge in [0.25, 0.3) is 5.91 Å². The fraction of sp³-hybridized carbons (Fsp3) is 0.353. The third-order valence-corrected chi connectivity index (χ3v) is 6.05. The van der Waals surface area contributed by atoms with Gasteiger partial charge < -0.3 is 5.32 Å². The van der Waals surface area contributed by atoms with E-state index in [0.717, 1.165) is 12.0 Å². The molecule has 7 nitrogen and oxygen atoms in total. The van der Waals surface area contributed by atoms with E-state index in [0.29, 0.717) is 19.5 Å². The number of nitrogens with one attached hydrogen (secondary N) is 1. The Labute approximate surface area is 147 Å². The van der Waals surface area contributed by atoms with Crippen LogP contribution in [-0.4, -0.2) is 47.4 Å². The molecule has 1 amide bonds. The van der Waals surface area contributed by atoms with Gasteiger partial charge >= 0.3 is 0 Å². The van der Waals surface area contributed by atoms with Gasteiger partial charge in [0.15, 0.2) is 0 Å². The molecule has 0 unspecified atom stereocenters. The second kappa shape index (κ2) is 7.71. The topological polar surface area (TPSA) is 92.3 Å².